The van der Waals surface area contributed by atoms with Crippen LogP contribution in [-0.4, -0.2) is 35.9 Å². The summed E-state index contributed by atoms with van der Waals surface area (Å²) in [5, 5.41) is 12.3. The Morgan fingerprint density at radius 3 is 2.47 bits per heavy atom. The fourth-order valence-electron chi connectivity index (χ4n) is 3.38. The first-order valence-corrected chi connectivity index (χ1v) is 11.9. The zero-order chi connectivity index (χ0) is 25.5. The van der Waals surface area contributed by atoms with Crippen LogP contribution in [0.5, 0.6) is 17.2 Å². The molecule has 1 saturated heterocycles. The molecular weight excluding hydrogens is 480 g/mol. The Morgan fingerprint density at radius 1 is 1.06 bits per heavy atom. The Balaban J connectivity index is 1.53. The van der Waals surface area contributed by atoms with Crippen molar-refractivity contribution in [2.45, 2.75) is 13.5 Å². The first-order valence-electron chi connectivity index (χ1n) is 11.1. The lowest BCUT2D eigenvalue weighted by atomic mass is 10.1. The fourth-order valence-corrected chi connectivity index (χ4v) is 4.22. The molecule has 8 nitrogen and oxygen atoms in total. The van der Waals surface area contributed by atoms with Crippen molar-refractivity contribution >= 4 is 40.6 Å². The summed E-state index contributed by atoms with van der Waals surface area (Å²) in [6.07, 6.45) is 1.73. The highest BCUT2D eigenvalue weighted by Gasteiger charge is 2.25. The lowest BCUT2D eigenvalue weighted by Gasteiger charge is -2.14. The van der Waals surface area contributed by atoms with E-state index in [9.17, 15) is 9.59 Å². The van der Waals surface area contributed by atoms with E-state index in [0.717, 1.165) is 11.3 Å². The number of nitrogens with one attached hydrogen (secondary N) is 1. The number of carbonyl (C=O) groups excluding carboxylic acids is 1. The van der Waals surface area contributed by atoms with Gasteiger partial charge in [-0.15, -0.1) is 0 Å². The van der Waals surface area contributed by atoms with Crippen LogP contribution in [0.15, 0.2) is 76.6 Å². The van der Waals surface area contributed by atoms with Crippen LogP contribution in [0, 0.1) is 0 Å². The second-order valence-corrected chi connectivity index (χ2v) is 8.61. The van der Waals surface area contributed by atoms with Crippen molar-refractivity contribution in [3.8, 4) is 17.2 Å². The number of amidine groups is 1. The van der Waals surface area contributed by atoms with Crippen LogP contribution in [0.1, 0.15) is 28.4 Å². The van der Waals surface area contributed by atoms with Crippen molar-refractivity contribution in [1.29, 1.82) is 0 Å². The molecule has 1 fully saturated rings. The number of thioether (sulfide) groups is 1. The summed E-state index contributed by atoms with van der Waals surface area (Å²) >= 11 is 1.23. The van der Waals surface area contributed by atoms with Crippen LogP contribution in [0.25, 0.3) is 6.08 Å². The highest BCUT2D eigenvalue weighted by molar-refractivity contribution is 8.18. The average Bonchev–Trinajstić information content (AvgIpc) is 3.22. The molecule has 3 aromatic carbocycles. The summed E-state index contributed by atoms with van der Waals surface area (Å²) in [6, 6.07) is 19.2. The molecule has 0 bridgehead atoms. The van der Waals surface area contributed by atoms with Gasteiger partial charge in [0.05, 0.1) is 29.9 Å². The molecule has 3 aromatic rings. The molecule has 1 aliphatic heterocycles. The van der Waals surface area contributed by atoms with Gasteiger partial charge in [0, 0.05) is 5.56 Å². The van der Waals surface area contributed by atoms with E-state index in [0.29, 0.717) is 39.4 Å². The molecule has 9 heteroatoms. The van der Waals surface area contributed by atoms with Gasteiger partial charge in [0.25, 0.3) is 5.91 Å². The maximum Gasteiger partial charge on any atom is 0.335 e. The number of ether oxygens (including phenoxy) is 3. The molecular formula is C27H24N2O6S. The van der Waals surface area contributed by atoms with Gasteiger partial charge in [0.15, 0.2) is 16.7 Å². The van der Waals surface area contributed by atoms with Crippen molar-refractivity contribution < 1.29 is 28.9 Å². The second-order valence-electron chi connectivity index (χ2n) is 7.58. The van der Waals surface area contributed by atoms with Gasteiger partial charge in [-0.25, -0.2) is 9.79 Å². The molecule has 36 heavy (non-hydrogen) atoms. The van der Waals surface area contributed by atoms with Gasteiger partial charge in [0.1, 0.15) is 12.4 Å². The van der Waals surface area contributed by atoms with Crippen LogP contribution < -0.4 is 19.5 Å². The number of nitrogens with zero attached hydrogens (tertiary/aromatic N) is 1. The number of methoxy groups -OCH3 is 1. The van der Waals surface area contributed by atoms with Gasteiger partial charge in [-0.05, 0) is 72.8 Å². The van der Waals surface area contributed by atoms with E-state index in [-0.39, 0.29) is 18.1 Å². The average molecular weight is 505 g/mol. The molecule has 0 saturated carbocycles. The maximum atomic E-state index is 12.6. The highest BCUT2D eigenvalue weighted by Crippen LogP contribution is 2.36. The maximum absolute atomic E-state index is 12.6. The molecule has 0 atom stereocenters. The van der Waals surface area contributed by atoms with Gasteiger partial charge in [-0.3, -0.25) is 4.79 Å². The SMILES string of the molecule is CCOc1ccc(N=C2NC(=O)/C(=C/c3cccc(OC)c3OCc3ccc(C(=O)O)cc3)S2)cc1. The second kappa shape index (κ2) is 11.5. The smallest absolute Gasteiger partial charge is 0.335 e. The Bertz CT molecular complexity index is 1320. The van der Waals surface area contributed by atoms with Gasteiger partial charge in [-0.1, -0.05) is 24.3 Å². The standard InChI is InChI=1S/C27H24N2O6S/c1-3-34-21-13-11-20(12-14-21)28-27-29-25(30)23(36-27)15-19-5-4-6-22(33-2)24(19)35-16-17-7-9-18(10-8-17)26(31)32/h4-15H,3,16H2,1-2H3,(H,31,32)(H,28,29,30)/b23-15-. The van der Waals surface area contributed by atoms with Gasteiger partial charge >= 0.3 is 5.97 Å². The third-order valence-electron chi connectivity index (χ3n) is 5.13. The van der Waals surface area contributed by atoms with Crippen molar-refractivity contribution in [1.82, 2.24) is 5.32 Å². The largest absolute Gasteiger partial charge is 0.494 e. The zero-order valence-corrected chi connectivity index (χ0v) is 20.5. The predicted octanol–water partition coefficient (Wildman–Crippen LogP) is 5.26. The van der Waals surface area contributed by atoms with E-state index in [4.69, 9.17) is 19.3 Å². The third-order valence-corrected chi connectivity index (χ3v) is 6.04. The summed E-state index contributed by atoms with van der Waals surface area (Å²) < 4.78 is 17.0. The molecule has 1 aliphatic rings. The summed E-state index contributed by atoms with van der Waals surface area (Å²) in [5.74, 6) is 0.494. The van der Waals surface area contributed by atoms with Crippen LogP contribution in [0.2, 0.25) is 0 Å². The number of amides is 1. The van der Waals surface area contributed by atoms with Crippen LogP contribution >= 0.6 is 11.8 Å². The highest BCUT2D eigenvalue weighted by atomic mass is 32.2. The van der Waals surface area contributed by atoms with Crippen molar-refractivity contribution in [2.75, 3.05) is 13.7 Å². The predicted molar refractivity (Wildman–Crippen MR) is 139 cm³/mol. The summed E-state index contributed by atoms with van der Waals surface area (Å²) in [4.78, 5) is 28.7. The summed E-state index contributed by atoms with van der Waals surface area (Å²) in [6.45, 7) is 2.70. The lowest BCUT2D eigenvalue weighted by Crippen LogP contribution is -2.19. The Hall–Kier alpha value is -4.24. The molecule has 0 unspecified atom stereocenters. The van der Waals surface area contributed by atoms with E-state index < -0.39 is 5.97 Å². The molecule has 0 spiro atoms. The topological polar surface area (TPSA) is 106 Å². The molecule has 2 N–H and O–H groups in total. The fraction of sp³-hybridized carbons (Fsp3) is 0.148. The van der Waals surface area contributed by atoms with Crippen molar-refractivity contribution in [2.24, 2.45) is 4.99 Å². The zero-order valence-electron chi connectivity index (χ0n) is 19.7. The number of benzene rings is 3. The number of carboxylic acid groups (broad SMARTS) is 1. The molecule has 184 valence electrons. The number of hydrogen-bond acceptors (Lipinski definition) is 7. The molecule has 1 heterocycles. The van der Waals surface area contributed by atoms with Gasteiger partial charge < -0.3 is 24.6 Å². The Kier molecular flexibility index (Phi) is 7.92. The quantitative estimate of drug-likeness (QED) is 0.383. The van der Waals surface area contributed by atoms with Crippen molar-refractivity contribution in [3.05, 3.63) is 88.3 Å². The monoisotopic (exact) mass is 504 g/mol. The number of hydrogen-bond donors (Lipinski definition) is 2. The Morgan fingerprint density at radius 2 is 1.81 bits per heavy atom. The summed E-state index contributed by atoms with van der Waals surface area (Å²) in [7, 11) is 1.54. The number of para-hydroxylation sites is 1. The Labute approximate surface area is 212 Å². The number of aromatic carboxylic acids is 1. The molecule has 0 aliphatic carbocycles. The van der Waals surface area contributed by atoms with E-state index in [1.807, 2.05) is 43.3 Å². The van der Waals surface area contributed by atoms with E-state index in [2.05, 4.69) is 10.3 Å². The minimum Gasteiger partial charge on any atom is -0.494 e. The van der Waals surface area contributed by atoms with Crippen LogP contribution in [0.4, 0.5) is 5.69 Å². The van der Waals surface area contributed by atoms with Gasteiger partial charge in [-0.2, -0.15) is 0 Å². The van der Waals surface area contributed by atoms with Crippen LogP contribution in [-0.2, 0) is 11.4 Å². The minimum atomic E-state index is -0.987. The molecule has 0 radical (unpaired) electrons. The minimum absolute atomic E-state index is 0.195. The first-order chi connectivity index (χ1) is 17.5. The van der Waals surface area contributed by atoms with E-state index >= 15 is 0 Å². The van der Waals surface area contributed by atoms with Gasteiger partial charge in [0.2, 0.25) is 0 Å². The first kappa shape index (κ1) is 24.9. The number of carbonyl (C=O) groups is 2. The molecule has 0 aromatic heterocycles. The molecule has 4 rings (SSSR count). The third kappa shape index (κ3) is 6.05. The lowest BCUT2D eigenvalue weighted by molar-refractivity contribution is -0.115. The molecule has 1 amide bonds. The van der Waals surface area contributed by atoms with E-state index in [1.54, 1.807) is 31.4 Å². The van der Waals surface area contributed by atoms with Crippen LogP contribution in [0.3, 0.4) is 0 Å². The van der Waals surface area contributed by atoms with Crippen molar-refractivity contribution in [3.63, 3.8) is 0 Å². The number of rotatable bonds is 9. The number of aliphatic imine (C=N–C) groups is 1. The number of carboxylic acids is 1. The normalized spacial score (nSPS) is 15.1. The van der Waals surface area contributed by atoms with E-state index in [1.165, 1.54) is 23.9 Å². The summed E-state index contributed by atoms with van der Waals surface area (Å²) in [5.41, 5.74) is 2.36.